The van der Waals surface area contributed by atoms with Gasteiger partial charge in [0.1, 0.15) is 6.61 Å². The summed E-state index contributed by atoms with van der Waals surface area (Å²) < 4.78 is 9.87. The van der Waals surface area contributed by atoms with Crippen LogP contribution in [-0.2, 0) is 11.3 Å². The summed E-state index contributed by atoms with van der Waals surface area (Å²) in [5, 5.41) is 6.57. The van der Waals surface area contributed by atoms with Gasteiger partial charge in [0.2, 0.25) is 0 Å². The molecule has 0 aromatic carbocycles. The van der Waals surface area contributed by atoms with Crippen LogP contribution in [0.4, 0.5) is 0 Å². The second kappa shape index (κ2) is 8.93. The zero-order valence-corrected chi connectivity index (χ0v) is 12.2. The van der Waals surface area contributed by atoms with E-state index in [-0.39, 0.29) is 11.6 Å². The second-order valence-corrected chi connectivity index (χ2v) is 4.83. The number of hydrogen-bond donors (Lipinski definition) is 1. The number of methoxy groups -OCH3 is 1. The van der Waals surface area contributed by atoms with E-state index in [0.29, 0.717) is 30.7 Å². The molecule has 5 nitrogen and oxygen atoms in total. The molecule has 0 aliphatic rings. The van der Waals surface area contributed by atoms with Gasteiger partial charge in [0.25, 0.3) is 5.91 Å². The van der Waals surface area contributed by atoms with Crippen molar-refractivity contribution in [2.24, 2.45) is 5.92 Å². The third kappa shape index (κ3) is 5.61. The minimum Gasteiger partial charge on any atom is -0.377 e. The Hall–Kier alpha value is -1.07. The number of ether oxygens (including phenoxy) is 1. The van der Waals surface area contributed by atoms with Crippen molar-refractivity contribution >= 4 is 17.5 Å². The maximum absolute atomic E-state index is 11.9. The van der Waals surface area contributed by atoms with Crippen LogP contribution < -0.4 is 5.32 Å². The van der Waals surface area contributed by atoms with Crippen molar-refractivity contribution in [2.75, 3.05) is 19.5 Å². The lowest BCUT2D eigenvalue weighted by atomic mass is 10.0. The Morgan fingerprint density at radius 1 is 1.58 bits per heavy atom. The Bertz CT molecular complexity index is 376. The monoisotopic (exact) mass is 288 g/mol. The number of carbonyl (C=O) groups is 1. The van der Waals surface area contributed by atoms with Crippen molar-refractivity contribution in [3.63, 3.8) is 0 Å². The fraction of sp³-hybridized carbons (Fsp3) is 0.692. The number of carbonyl (C=O) groups excluding carboxylic acids is 1. The van der Waals surface area contributed by atoms with Gasteiger partial charge in [-0.15, -0.1) is 11.6 Å². The van der Waals surface area contributed by atoms with E-state index in [1.54, 1.807) is 13.2 Å². The molecule has 0 radical (unpaired) electrons. The van der Waals surface area contributed by atoms with Crippen LogP contribution in [0.15, 0.2) is 10.6 Å². The number of amides is 1. The molecule has 0 spiro atoms. The summed E-state index contributed by atoms with van der Waals surface area (Å²) in [5.74, 6) is 1.35. The Labute approximate surface area is 118 Å². The largest absolute Gasteiger partial charge is 0.377 e. The minimum absolute atomic E-state index is 0.221. The van der Waals surface area contributed by atoms with Crippen LogP contribution in [0.5, 0.6) is 0 Å². The lowest BCUT2D eigenvalue weighted by Crippen LogP contribution is -2.29. The molecule has 1 amide bonds. The van der Waals surface area contributed by atoms with Crippen molar-refractivity contribution < 1.29 is 14.1 Å². The second-order valence-electron chi connectivity index (χ2n) is 4.45. The van der Waals surface area contributed by atoms with Gasteiger partial charge in [-0.05, 0) is 18.8 Å². The zero-order chi connectivity index (χ0) is 14.1. The van der Waals surface area contributed by atoms with Crippen LogP contribution >= 0.6 is 11.6 Å². The van der Waals surface area contributed by atoms with E-state index in [9.17, 15) is 4.79 Å². The highest BCUT2D eigenvalue weighted by atomic mass is 35.5. The molecule has 19 heavy (non-hydrogen) atoms. The van der Waals surface area contributed by atoms with Gasteiger partial charge in [-0.3, -0.25) is 4.79 Å². The summed E-state index contributed by atoms with van der Waals surface area (Å²) >= 11 is 5.75. The van der Waals surface area contributed by atoms with E-state index in [1.807, 2.05) is 0 Å². The topological polar surface area (TPSA) is 64.4 Å². The SMILES string of the molecule is CCCC(CCCl)CNC(=O)c1cc(COC)on1. The number of nitrogens with one attached hydrogen (secondary N) is 1. The maximum atomic E-state index is 11.9. The molecule has 1 rings (SSSR count). The molecule has 1 unspecified atom stereocenters. The average molecular weight is 289 g/mol. The summed E-state index contributed by atoms with van der Waals surface area (Å²) in [4.78, 5) is 11.9. The predicted molar refractivity (Wildman–Crippen MR) is 73.3 cm³/mol. The van der Waals surface area contributed by atoms with E-state index in [1.165, 1.54) is 0 Å². The van der Waals surface area contributed by atoms with Crippen molar-refractivity contribution in [3.8, 4) is 0 Å². The van der Waals surface area contributed by atoms with Gasteiger partial charge in [-0.1, -0.05) is 18.5 Å². The lowest BCUT2D eigenvalue weighted by Gasteiger charge is -2.14. The van der Waals surface area contributed by atoms with Crippen molar-refractivity contribution in [1.82, 2.24) is 10.5 Å². The number of hydrogen-bond acceptors (Lipinski definition) is 4. The molecule has 0 fully saturated rings. The normalized spacial score (nSPS) is 12.4. The highest BCUT2D eigenvalue weighted by Gasteiger charge is 2.14. The molecule has 0 bridgehead atoms. The van der Waals surface area contributed by atoms with Gasteiger partial charge in [0.05, 0.1) is 0 Å². The fourth-order valence-electron chi connectivity index (χ4n) is 1.87. The zero-order valence-electron chi connectivity index (χ0n) is 11.4. The Kier molecular flexibility index (Phi) is 7.52. The minimum atomic E-state index is -0.221. The Balaban J connectivity index is 2.44. The average Bonchev–Trinajstić information content (AvgIpc) is 2.85. The molecule has 0 aliphatic carbocycles. The highest BCUT2D eigenvalue weighted by molar-refractivity contribution is 6.17. The molecular formula is C13H21ClN2O3. The molecule has 6 heteroatoms. The van der Waals surface area contributed by atoms with Gasteiger partial charge in [0, 0.05) is 25.6 Å². The van der Waals surface area contributed by atoms with Gasteiger partial charge in [-0.2, -0.15) is 0 Å². The first-order valence-corrected chi connectivity index (χ1v) is 7.03. The molecule has 1 aromatic rings. The summed E-state index contributed by atoms with van der Waals surface area (Å²) in [6, 6.07) is 1.59. The van der Waals surface area contributed by atoms with Gasteiger partial charge < -0.3 is 14.6 Å². The first kappa shape index (κ1) is 16.0. The van der Waals surface area contributed by atoms with Crippen LogP contribution in [0.1, 0.15) is 42.4 Å². The van der Waals surface area contributed by atoms with E-state index in [4.69, 9.17) is 20.9 Å². The number of aromatic nitrogens is 1. The predicted octanol–water partition coefficient (Wildman–Crippen LogP) is 2.60. The summed E-state index contributed by atoms with van der Waals surface area (Å²) in [6.07, 6.45) is 3.05. The van der Waals surface area contributed by atoms with Crippen LogP contribution in [0.25, 0.3) is 0 Å². The van der Waals surface area contributed by atoms with Crippen molar-refractivity contribution in [2.45, 2.75) is 32.8 Å². The molecule has 1 N–H and O–H groups in total. The van der Waals surface area contributed by atoms with E-state index < -0.39 is 0 Å². The van der Waals surface area contributed by atoms with Crippen LogP contribution in [-0.4, -0.2) is 30.6 Å². The molecule has 0 saturated heterocycles. The molecule has 0 aliphatic heterocycles. The molecule has 0 saturated carbocycles. The van der Waals surface area contributed by atoms with E-state index in [0.717, 1.165) is 19.3 Å². The van der Waals surface area contributed by atoms with Crippen molar-refractivity contribution in [1.29, 1.82) is 0 Å². The lowest BCUT2D eigenvalue weighted by molar-refractivity contribution is 0.0936. The number of rotatable bonds is 9. The van der Waals surface area contributed by atoms with Gasteiger partial charge >= 0.3 is 0 Å². The van der Waals surface area contributed by atoms with Crippen LogP contribution in [0.3, 0.4) is 0 Å². The smallest absolute Gasteiger partial charge is 0.273 e. The van der Waals surface area contributed by atoms with Gasteiger partial charge in [-0.25, -0.2) is 0 Å². The third-order valence-electron chi connectivity index (χ3n) is 2.84. The summed E-state index contributed by atoms with van der Waals surface area (Å²) in [7, 11) is 1.56. The summed E-state index contributed by atoms with van der Waals surface area (Å²) in [5.41, 5.74) is 0.285. The number of alkyl halides is 1. The fourth-order valence-corrected chi connectivity index (χ4v) is 2.18. The molecule has 1 aromatic heterocycles. The molecule has 1 atom stereocenters. The van der Waals surface area contributed by atoms with E-state index in [2.05, 4.69) is 17.4 Å². The first-order chi connectivity index (χ1) is 9.21. The molecule has 108 valence electrons. The number of nitrogens with zero attached hydrogens (tertiary/aromatic N) is 1. The third-order valence-corrected chi connectivity index (χ3v) is 3.06. The molecule has 1 heterocycles. The summed E-state index contributed by atoms with van der Waals surface area (Å²) in [6.45, 7) is 3.05. The van der Waals surface area contributed by atoms with E-state index >= 15 is 0 Å². The Morgan fingerprint density at radius 3 is 3.00 bits per heavy atom. The maximum Gasteiger partial charge on any atom is 0.273 e. The van der Waals surface area contributed by atoms with Crippen molar-refractivity contribution in [3.05, 3.63) is 17.5 Å². The van der Waals surface area contributed by atoms with Crippen LogP contribution in [0.2, 0.25) is 0 Å². The standard InChI is InChI=1S/C13H21ClN2O3/c1-3-4-10(5-6-14)8-15-13(17)12-7-11(9-18-2)19-16-12/h7,10H,3-6,8-9H2,1-2H3,(H,15,17). The van der Waals surface area contributed by atoms with Crippen LogP contribution in [0, 0.1) is 5.92 Å². The van der Waals surface area contributed by atoms with Gasteiger partial charge in [0.15, 0.2) is 11.5 Å². The first-order valence-electron chi connectivity index (χ1n) is 6.49. The number of halogens is 1. The quantitative estimate of drug-likeness (QED) is 0.709. The Morgan fingerprint density at radius 2 is 2.37 bits per heavy atom. The highest BCUT2D eigenvalue weighted by Crippen LogP contribution is 2.11. The molecular weight excluding hydrogens is 268 g/mol.